The summed E-state index contributed by atoms with van der Waals surface area (Å²) in [4.78, 5) is 21.9. The second kappa shape index (κ2) is 6.68. The Balaban J connectivity index is 1.60. The van der Waals surface area contributed by atoms with Crippen molar-refractivity contribution in [3.05, 3.63) is 30.5 Å². The summed E-state index contributed by atoms with van der Waals surface area (Å²) >= 11 is 5.56. The zero-order chi connectivity index (χ0) is 16.3. The van der Waals surface area contributed by atoms with Crippen molar-refractivity contribution in [2.75, 3.05) is 30.8 Å². The van der Waals surface area contributed by atoms with Gasteiger partial charge in [0, 0.05) is 31.2 Å². The molecule has 0 bridgehead atoms. The Labute approximate surface area is 139 Å². The van der Waals surface area contributed by atoms with Crippen LogP contribution in [0.3, 0.4) is 0 Å². The Morgan fingerprint density at radius 2 is 2.09 bits per heavy atom. The number of amides is 1. The van der Waals surface area contributed by atoms with Crippen molar-refractivity contribution in [1.29, 1.82) is 0 Å². The molecule has 0 aliphatic carbocycles. The van der Waals surface area contributed by atoms with E-state index in [0.29, 0.717) is 38.4 Å². The van der Waals surface area contributed by atoms with Crippen molar-refractivity contribution in [2.24, 2.45) is 0 Å². The third-order valence-corrected chi connectivity index (χ3v) is 4.45. The number of fused-ring (bicyclic) bond motifs is 1. The van der Waals surface area contributed by atoms with Gasteiger partial charge in [-0.15, -0.1) is 11.6 Å². The Hall–Kier alpha value is -1.92. The molecule has 1 aliphatic rings. The van der Waals surface area contributed by atoms with Gasteiger partial charge in [-0.05, 0) is 18.9 Å². The first-order chi connectivity index (χ1) is 11.1. The van der Waals surface area contributed by atoms with Gasteiger partial charge in [0.2, 0.25) is 11.9 Å². The van der Waals surface area contributed by atoms with E-state index in [0.717, 1.165) is 10.9 Å². The minimum Gasteiger partial charge on any atom is -0.388 e. The average molecular weight is 335 g/mol. The van der Waals surface area contributed by atoms with Gasteiger partial charge >= 0.3 is 0 Å². The minimum atomic E-state index is -0.863. The van der Waals surface area contributed by atoms with E-state index in [1.807, 2.05) is 24.3 Å². The number of nitrogens with zero attached hydrogens (tertiary/aromatic N) is 3. The minimum absolute atomic E-state index is 0.0123. The molecule has 0 unspecified atom stereocenters. The maximum absolute atomic E-state index is 11.6. The summed E-state index contributed by atoms with van der Waals surface area (Å²) in [7, 11) is 0. The van der Waals surface area contributed by atoms with Crippen molar-refractivity contribution in [2.45, 2.75) is 18.4 Å². The molecule has 0 radical (unpaired) electrons. The zero-order valence-electron chi connectivity index (χ0n) is 12.7. The molecule has 6 nitrogen and oxygen atoms in total. The summed E-state index contributed by atoms with van der Waals surface area (Å²) in [5.41, 5.74) is -0.00233. The predicted molar refractivity (Wildman–Crippen MR) is 89.5 cm³/mol. The summed E-state index contributed by atoms with van der Waals surface area (Å²) in [5, 5.41) is 14.7. The van der Waals surface area contributed by atoms with Crippen LogP contribution in [0.2, 0.25) is 0 Å². The monoisotopic (exact) mass is 334 g/mol. The smallest absolute Gasteiger partial charge is 0.237 e. The molecule has 1 aromatic heterocycles. The van der Waals surface area contributed by atoms with Crippen LogP contribution in [0.15, 0.2) is 30.5 Å². The fraction of sp³-hybridized carbons (Fsp3) is 0.438. The number of nitrogens with one attached hydrogen (secondary N) is 1. The van der Waals surface area contributed by atoms with E-state index in [-0.39, 0.29) is 11.8 Å². The topological polar surface area (TPSA) is 78.4 Å². The number of piperidine rings is 1. The number of hydrogen-bond donors (Lipinski definition) is 2. The first-order valence-electron chi connectivity index (χ1n) is 7.61. The lowest BCUT2D eigenvalue weighted by Gasteiger charge is -2.38. The summed E-state index contributed by atoms with van der Waals surface area (Å²) in [6.45, 7) is 1.39. The number of halogens is 1. The summed E-state index contributed by atoms with van der Waals surface area (Å²) in [6, 6.07) is 7.75. The van der Waals surface area contributed by atoms with Crippen molar-refractivity contribution in [1.82, 2.24) is 14.9 Å². The normalized spacial score (nSPS) is 17.2. The summed E-state index contributed by atoms with van der Waals surface area (Å²) in [6.07, 6.45) is 2.78. The molecule has 1 amide bonds. The Bertz CT molecular complexity index is 701. The van der Waals surface area contributed by atoms with Crippen LogP contribution < -0.4 is 5.32 Å². The van der Waals surface area contributed by atoms with Crippen molar-refractivity contribution in [3.8, 4) is 0 Å². The van der Waals surface area contributed by atoms with Crippen LogP contribution in [-0.4, -0.2) is 57.0 Å². The lowest BCUT2D eigenvalue weighted by Crippen LogP contribution is -2.50. The van der Waals surface area contributed by atoms with Crippen LogP contribution in [0.4, 0.5) is 5.95 Å². The Kier molecular flexibility index (Phi) is 4.63. The largest absolute Gasteiger partial charge is 0.388 e. The lowest BCUT2D eigenvalue weighted by atomic mass is 9.91. The molecule has 7 heteroatoms. The number of rotatable bonds is 4. The Morgan fingerprint density at radius 3 is 2.83 bits per heavy atom. The van der Waals surface area contributed by atoms with Crippen molar-refractivity contribution >= 4 is 34.4 Å². The van der Waals surface area contributed by atoms with E-state index < -0.39 is 5.60 Å². The molecule has 3 rings (SSSR count). The van der Waals surface area contributed by atoms with E-state index in [9.17, 15) is 9.90 Å². The molecule has 1 saturated heterocycles. The van der Waals surface area contributed by atoms with E-state index in [4.69, 9.17) is 11.6 Å². The fourth-order valence-electron chi connectivity index (χ4n) is 2.73. The average Bonchev–Trinajstić information content (AvgIpc) is 2.60. The Morgan fingerprint density at radius 1 is 1.35 bits per heavy atom. The van der Waals surface area contributed by atoms with E-state index >= 15 is 0 Å². The number of aliphatic hydroxyl groups is 1. The van der Waals surface area contributed by atoms with Gasteiger partial charge in [-0.2, -0.15) is 0 Å². The van der Waals surface area contributed by atoms with Gasteiger partial charge in [-0.1, -0.05) is 18.2 Å². The highest BCUT2D eigenvalue weighted by atomic mass is 35.5. The third-order valence-electron chi connectivity index (χ3n) is 4.23. The van der Waals surface area contributed by atoms with Gasteiger partial charge in [0.25, 0.3) is 0 Å². The van der Waals surface area contributed by atoms with Crippen LogP contribution in [0.1, 0.15) is 12.8 Å². The number of aromatic nitrogens is 2. The molecular formula is C16H19ClN4O2. The lowest BCUT2D eigenvalue weighted by molar-refractivity contribution is -0.132. The molecule has 0 saturated carbocycles. The zero-order valence-corrected chi connectivity index (χ0v) is 13.5. The second-order valence-electron chi connectivity index (χ2n) is 5.84. The fourth-order valence-corrected chi connectivity index (χ4v) is 2.90. The molecule has 2 aromatic rings. The van der Waals surface area contributed by atoms with Crippen LogP contribution in [0.5, 0.6) is 0 Å². The van der Waals surface area contributed by atoms with Crippen molar-refractivity contribution in [3.63, 3.8) is 0 Å². The number of para-hydroxylation sites is 1. The number of hydrogen-bond acceptors (Lipinski definition) is 5. The molecule has 0 spiro atoms. The highest BCUT2D eigenvalue weighted by molar-refractivity contribution is 6.27. The number of alkyl halides is 1. The maximum Gasteiger partial charge on any atom is 0.237 e. The first-order valence-corrected chi connectivity index (χ1v) is 8.15. The molecule has 1 fully saturated rings. The quantitative estimate of drug-likeness (QED) is 0.831. The van der Waals surface area contributed by atoms with Crippen molar-refractivity contribution < 1.29 is 9.90 Å². The molecule has 23 heavy (non-hydrogen) atoms. The van der Waals surface area contributed by atoms with E-state index in [1.165, 1.54) is 0 Å². The molecule has 2 heterocycles. The molecule has 1 aromatic carbocycles. The molecule has 1 aliphatic heterocycles. The van der Waals surface area contributed by atoms with Gasteiger partial charge in [0.15, 0.2) is 0 Å². The van der Waals surface area contributed by atoms with Gasteiger partial charge in [0.05, 0.1) is 11.1 Å². The third kappa shape index (κ3) is 3.71. The highest BCUT2D eigenvalue weighted by Crippen LogP contribution is 2.23. The van der Waals surface area contributed by atoms with Crippen LogP contribution >= 0.6 is 11.6 Å². The van der Waals surface area contributed by atoms with Gasteiger partial charge in [-0.25, -0.2) is 9.97 Å². The number of carbonyl (C=O) groups excluding carboxylic acids is 1. The number of benzene rings is 1. The second-order valence-corrected chi connectivity index (χ2v) is 6.11. The summed E-state index contributed by atoms with van der Waals surface area (Å²) in [5.74, 6) is 0.401. The SMILES string of the molecule is O=C(CCl)N1CCC(O)(CNc2ncc3ccccc3n2)CC1. The maximum atomic E-state index is 11.6. The van der Waals surface area contributed by atoms with E-state index in [1.54, 1.807) is 11.1 Å². The van der Waals surface area contributed by atoms with Gasteiger partial charge < -0.3 is 15.3 Å². The molecule has 2 N–H and O–H groups in total. The van der Waals surface area contributed by atoms with E-state index in [2.05, 4.69) is 15.3 Å². The number of carbonyl (C=O) groups is 1. The number of anilines is 1. The molecular weight excluding hydrogens is 316 g/mol. The van der Waals surface area contributed by atoms with Crippen LogP contribution in [0.25, 0.3) is 10.9 Å². The predicted octanol–water partition coefficient (Wildman–Crippen LogP) is 1.63. The first kappa shape index (κ1) is 16.0. The number of likely N-dealkylation sites (tertiary alicyclic amines) is 1. The molecule has 0 atom stereocenters. The molecule has 122 valence electrons. The highest BCUT2D eigenvalue weighted by Gasteiger charge is 2.33. The van der Waals surface area contributed by atoms with Crippen LogP contribution in [0, 0.1) is 0 Å². The van der Waals surface area contributed by atoms with Gasteiger partial charge in [-0.3, -0.25) is 4.79 Å². The van der Waals surface area contributed by atoms with Crippen LogP contribution in [-0.2, 0) is 4.79 Å². The standard InChI is InChI=1S/C16H19ClN4O2/c17-9-14(22)21-7-5-16(23,6-8-21)11-19-15-18-10-12-3-1-2-4-13(12)20-15/h1-4,10,23H,5-9,11H2,(H,18,19,20). The summed E-state index contributed by atoms with van der Waals surface area (Å²) < 4.78 is 0. The van der Waals surface area contributed by atoms with Gasteiger partial charge in [0.1, 0.15) is 5.88 Å².